The molecule has 1 saturated heterocycles. The van der Waals surface area contributed by atoms with Crippen LogP contribution in [0.1, 0.15) is 55.2 Å². The van der Waals surface area contributed by atoms with Crippen molar-refractivity contribution in [1.82, 2.24) is 5.32 Å². The third-order valence-corrected chi connectivity index (χ3v) is 10.5. The Labute approximate surface area is 250 Å². The smallest absolute Gasteiger partial charge is 0.290 e. The minimum Gasteiger partial charge on any atom is -0.489 e. The summed E-state index contributed by atoms with van der Waals surface area (Å²) in [6, 6.07) is 23.1. The van der Waals surface area contributed by atoms with Crippen LogP contribution >= 0.6 is 23.4 Å². The van der Waals surface area contributed by atoms with E-state index in [1.165, 1.54) is 49.7 Å². The average Bonchev–Trinajstić information content (AvgIpc) is 3.28. The number of halogens is 1. The normalized spacial score (nSPS) is 27.6. The van der Waals surface area contributed by atoms with E-state index in [0.29, 0.717) is 16.5 Å². The zero-order valence-electron chi connectivity index (χ0n) is 22.8. The molecule has 0 radical (unpaired) electrons. The van der Waals surface area contributed by atoms with Crippen LogP contribution in [0, 0.1) is 17.8 Å². The van der Waals surface area contributed by atoms with Crippen molar-refractivity contribution in [2.24, 2.45) is 17.8 Å². The number of thioether (sulfide) groups is 1. The molecule has 4 nitrogen and oxygen atoms in total. The van der Waals surface area contributed by atoms with Crippen molar-refractivity contribution in [2.75, 3.05) is 0 Å². The first-order valence-corrected chi connectivity index (χ1v) is 15.7. The number of ether oxygens (including phenoxy) is 1. The van der Waals surface area contributed by atoms with Crippen molar-refractivity contribution in [3.05, 3.63) is 106 Å². The molecule has 2 amide bonds. The summed E-state index contributed by atoms with van der Waals surface area (Å²) in [5, 5.41) is 2.61. The van der Waals surface area contributed by atoms with Crippen molar-refractivity contribution in [1.29, 1.82) is 0 Å². The van der Waals surface area contributed by atoms with Crippen LogP contribution in [-0.2, 0) is 16.8 Å². The summed E-state index contributed by atoms with van der Waals surface area (Å²) in [4.78, 5) is 23.5. The van der Waals surface area contributed by atoms with E-state index >= 15 is 0 Å². The highest BCUT2D eigenvalue weighted by Crippen LogP contribution is 2.62. The van der Waals surface area contributed by atoms with Crippen LogP contribution in [-0.4, -0.2) is 11.1 Å². The molecule has 208 valence electrons. The number of nitrogens with one attached hydrogen (secondary N) is 1. The first-order valence-electron chi connectivity index (χ1n) is 14.5. The number of imide groups is 1. The molecule has 3 aromatic rings. The quantitative estimate of drug-likeness (QED) is 0.283. The predicted molar refractivity (Wildman–Crippen MR) is 166 cm³/mol. The lowest BCUT2D eigenvalue weighted by Crippen LogP contribution is -2.48. The number of carbonyl (C=O) groups is 2. The number of hydrogen-bond acceptors (Lipinski definition) is 4. The molecule has 6 heteroatoms. The van der Waals surface area contributed by atoms with Crippen molar-refractivity contribution in [3.8, 4) is 16.9 Å². The molecule has 1 N–H and O–H groups in total. The Kier molecular flexibility index (Phi) is 7.04. The number of hydrogen-bond donors (Lipinski definition) is 1. The zero-order valence-corrected chi connectivity index (χ0v) is 24.3. The standard InChI is InChI=1S/C35H32ClNO3S/c36-30-16-22(7-4-8-32-33(38)37-34(39)41-32)9-11-28(30)27-10-12-31(40-21-23-5-2-1-3-6-23)29(17-27)35-18-24-13-25(19-35)15-26(14-24)20-35/h1-12,16-17,24-26H,13-15,18-21H2,(H,37,38,39)/b7-4+,32-8+. The van der Waals surface area contributed by atoms with E-state index in [1.807, 2.05) is 24.3 Å². The highest BCUT2D eigenvalue weighted by molar-refractivity contribution is 8.18. The lowest BCUT2D eigenvalue weighted by molar-refractivity contribution is -0.115. The minimum atomic E-state index is -0.357. The fraction of sp³-hybridized carbons (Fsp3) is 0.314. The van der Waals surface area contributed by atoms with Crippen molar-refractivity contribution < 1.29 is 14.3 Å². The van der Waals surface area contributed by atoms with Gasteiger partial charge in [-0.15, -0.1) is 0 Å². The maximum atomic E-state index is 11.8. The molecule has 4 bridgehead atoms. The van der Waals surface area contributed by atoms with Gasteiger partial charge in [0.05, 0.1) is 4.91 Å². The van der Waals surface area contributed by atoms with Gasteiger partial charge in [0.2, 0.25) is 0 Å². The second-order valence-corrected chi connectivity index (χ2v) is 13.6. The number of allylic oxidation sites excluding steroid dienone is 2. The highest BCUT2D eigenvalue weighted by atomic mass is 35.5. The number of amides is 2. The monoisotopic (exact) mass is 581 g/mol. The number of rotatable bonds is 7. The second-order valence-electron chi connectivity index (χ2n) is 12.2. The van der Waals surface area contributed by atoms with Crippen LogP contribution < -0.4 is 10.1 Å². The van der Waals surface area contributed by atoms with Gasteiger partial charge in [-0.05, 0) is 114 Å². The van der Waals surface area contributed by atoms with Gasteiger partial charge in [-0.2, -0.15) is 0 Å². The third-order valence-electron chi connectivity index (χ3n) is 9.31. The van der Waals surface area contributed by atoms with E-state index in [2.05, 4.69) is 53.8 Å². The molecule has 4 aliphatic carbocycles. The first-order chi connectivity index (χ1) is 19.9. The molecule has 8 rings (SSSR count). The van der Waals surface area contributed by atoms with Gasteiger partial charge in [-0.3, -0.25) is 14.9 Å². The molecule has 1 heterocycles. The lowest BCUT2D eigenvalue weighted by Gasteiger charge is -2.57. The van der Waals surface area contributed by atoms with E-state index in [-0.39, 0.29) is 16.6 Å². The Hall–Kier alpha value is -3.28. The van der Waals surface area contributed by atoms with E-state index < -0.39 is 0 Å². The fourth-order valence-corrected chi connectivity index (χ4v) is 8.90. The average molecular weight is 582 g/mol. The van der Waals surface area contributed by atoms with Gasteiger partial charge in [0.25, 0.3) is 11.1 Å². The highest BCUT2D eigenvalue weighted by Gasteiger charge is 2.52. The summed E-state index contributed by atoms with van der Waals surface area (Å²) in [6.45, 7) is 0.561. The molecule has 5 fully saturated rings. The van der Waals surface area contributed by atoms with Crippen LogP contribution in [0.3, 0.4) is 0 Å². The summed E-state index contributed by atoms with van der Waals surface area (Å²) >= 11 is 7.78. The molecule has 0 unspecified atom stereocenters. The molecule has 0 aromatic heterocycles. The van der Waals surface area contributed by atoms with Crippen molar-refractivity contribution >= 4 is 40.6 Å². The summed E-state index contributed by atoms with van der Waals surface area (Å²) in [5.41, 5.74) is 5.76. The molecular weight excluding hydrogens is 550 g/mol. The molecule has 0 spiro atoms. The summed E-state index contributed by atoms with van der Waals surface area (Å²) in [5.74, 6) is 3.16. The molecule has 1 aliphatic heterocycles. The minimum absolute atomic E-state index is 0.186. The molecule has 41 heavy (non-hydrogen) atoms. The van der Waals surface area contributed by atoms with Crippen LogP contribution in [0.15, 0.2) is 83.8 Å². The molecular formula is C35H32ClNO3S. The number of benzene rings is 3. The van der Waals surface area contributed by atoms with E-state index in [0.717, 1.165) is 52.0 Å². The summed E-state index contributed by atoms with van der Waals surface area (Å²) in [7, 11) is 0. The molecule has 0 atom stereocenters. The van der Waals surface area contributed by atoms with Gasteiger partial charge in [0.15, 0.2) is 0 Å². The van der Waals surface area contributed by atoms with Gasteiger partial charge in [0.1, 0.15) is 12.4 Å². The molecule has 4 saturated carbocycles. The van der Waals surface area contributed by atoms with Gasteiger partial charge in [-0.25, -0.2) is 0 Å². The van der Waals surface area contributed by atoms with Crippen LogP contribution in [0.4, 0.5) is 4.79 Å². The van der Waals surface area contributed by atoms with Crippen molar-refractivity contribution in [3.63, 3.8) is 0 Å². The van der Waals surface area contributed by atoms with Crippen LogP contribution in [0.25, 0.3) is 17.2 Å². The van der Waals surface area contributed by atoms with E-state index in [1.54, 1.807) is 12.2 Å². The second kappa shape index (κ2) is 10.8. The zero-order chi connectivity index (χ0) is 28.0. The van der Waals surface area contributed by atoms with Crippen LogP contribution in [0.2, 0.25) is 5.02 Å². The van der Waals surface area contributed by atoms with Gasteiger partial charge < -0.3 is 4.74 Å². The Bertz CT molecular complexity index is 1540. The fourth-order valence-electron chi connectivity index (χ4n) is 7.97. The van der Waals surface area contributed by atoms with E-state index in [9.17, 15) is 9.59 Å². The maximum Gasteiger partial charge on any atom is 0.290 e. The largest absolute Gasteiger partial charge is 0.489 e. The first kappa shape index (κ1) is 26.6. The topological polar surface area (TPSA) is 55.4 Å². The molecule has 3 aromatic carbocycles. The van der Waals surface area contributed by atoms with Crippen molar-refractivity contribution in [2.45, 2.75) is 50.5 Å². The van der Waals surface area contributed by atoms with Crippen LogP contribution in [0.5, 0.6) is 5.75 Å². The Morgan fingerprint density at radius 3 is 2.32 bits per heavy atom. The Balaban J connectivity index is 1.19. The number of carbonyl (C=O) groups excluding carboxylic acids is 2. The SMILES string of the molecule is O=C1NC(=O)/C(=C\C=C\c2ccc(-c3ccc(OCc4ccccc4)c(C45CC6CC(CC(C6)C4)C5)c3)c(Cl)c2)S1. The predicted octanol–water partition coefficient (Wildman–Crippen LogP) is 8.93. The Morgan fingerprint density at radius 2 is 1.66 bits per heavy atom. The lowest BCUT2D eigenvalue weighted by atomic mass is 9.48. The van der Waals surface area contributed by atoms with E-state index in [4.69, 9.17) is 16.3 Å². The van der Waals surface area contributed by atoms with Gasteiger partial charge in [0, 0.05) is 16.1 Å². The Morgan fingerprint density at radius 1 is 0.927 bits per heavy atom. The molecule has 5 aliphatic rings. The summed E-state index contributed by atoms with van der Waals surface area (Å²) < 4.78 is 6.55. The maximum absolute atomic E-state index is 11.8. The van der Waals surface area contributed by atoms with Gasteiger partial charge in [-0.1, -0.05) is 72.3 Å². The van der Waals surface area contributed by atoms with Gasteiger partial charge >= 0.3 is 0 Å². The summed E-state index contributed by atoms with van der Waals surface area (Å²) in [6.07, 6.45) is 13.3. The third kappa shape index (κ3) is 5.38.